The summed E-state index contributed by atoms with van der Waals surface area (Å²) < 4.78 is 6.99. The molecule has 2 amide bonds. The number of aromatic nitrogens is 2. The molecule has 0 saturated carbocycles. The highest BCUT2D eigenvalue weighted by atomic mass is 16.5. The molecule has 2 aromatic rings. The van der Waals surface area contributed by atoms with Crippen LogP contribution in [0.25, 0.3) is 5.70 Å². The summed E-state index contributed by atoms with van der Waals surface area (Å²) >= 11 is 0. The summed E-state index contributed by atoms with van der Waals surface area (Å²) in [6.45, 7) is 7.87. The van der Waals surface area contributed by atoms with Crippen LogP contribution in [0.15, 0.2) is 42.9 Å². The molecular weight excluding hydrogens is 356 g/mol. The molecule has 7 heteroatoms. The van der Waals surface area contributed by atoms with Crippen LogP contribution in [0.5, 0.6) is 5.75 Å². The van der Waals surface area contributed by atoms with Gasteiger partial charge in [-0.1, -0.05) is 12.1 Å². The van der Waals surface area contributed by atoms with Crippen LogP contribution >= 0.6 is 0 Å². The highest BCUT2D eigenvalue weighted by molar-refractivity contribution is 5.97. The lowest BCUT2D eigenvalue weighted by molar-refractivity contribution is -0.138. The smallest absolute Gasteiger partial charge is 0.249 e. The van der Waals surface area contributed by atoms with E-state index >= 15 is 0 Å². The topological polar surface area (TPSA) is 76.5 Å². The van der Waals surface area contributed by atoms with Gasteiger partial charge in [0.2, 0.25) is 11.8 Å². The SMILES string of the molecule is COc1ccc(CN2C(=O)C=C(C)n3cncc3C2C(=O)NC(C)(C)C)cc1. The van der Waals surface area contributed by atoms with E-state index in [0.29, 0.717) is 12.2 Å². The number of ether oxygens (including phenoxy) is 1. The molecule has 1 aromatic heterocycles. The number of nitrogens with one attached hydrogen (secondary N) is 1. The number of hydrogen-bond acceptors (Lipinski definition) is 4. The van der Waals surface area contributed by atoms with E-state index in [9.17, 15) is 9.59 Å². The Morgan fingerprint density at radius 1 is 1.25 bits per heavy atom. The first kappa shape index (κ1) is 19.7. The third-order valence-electron chi connectivity index (χ3n) is 4.51. The van der Waals surface area contributed by atoms with Crippen LogP contribution in [0, 0.1) is 0 Å². The molecule has 0 radical (unpaired) electrons. The molecule has 0 saturated heterocycles. The first-order chi connectivity index (χ1) is 13.2. The van der Waals surface area contributed by atoms with Gasteiger partial charge in [-0.05, 0) is 45.4 Å². The van der Waals surface area contributed by atoms with Gasteiger partial charge in [-0.3, -0.25) is 9.59 Å². The van der Waals surface area contributed by atoms with Gasteiger partial charge in [0, 0.05) is 23.9 Å². The highest BCUT2D eigenvalue weighted by Crippen LogP contribution is 2.30. The van der Waals surface area contributed by atoms with Crippen LogP contribution < -0.4 is 10.1 Å². The van der Waals surface area contributed by atoms with Crippen LogP contribution in [-0.4, -0.2) is 38.9 Å². The molecule has 1 aromatic carbocycles. The number of carbonyl (C=O) groups excluding carboxylic acids is 2. The Kier molecular flexibility index (Phi) is 5.27. The minimum atomic E-state index is -0.787. The van der Waals surface area contributed by atoms with Crippen molar-refractivity contribution in [1.29, 1.82) is 0 Å². The van der Waals surface area contributed by atoms with Gasteiger partial charge < -0.3 is 19.5 Å². The summed E-state index contributed by atoms with van der Waals surface area (Å²) in [5.41, 5.74) is 1.87. The van der Waals surface area contributed by atoms with Crippen molar-refractivity contribution in [2.45, 2.75) is 45.8 Å². The number of rotatable bonds is 4. The number of hydrogen-bond donors (Lipinski definition) is 1. The van der Waals surface area contributed by atoms with Gasteiger partial charge in [0.25, 0.3) is 0 Å². The predicted molar refractivity (Wildman–Crippen MR) is 106 cm³/mol. The van der Waals surface area contributed by atoms with Crippen LogP contribution in [-0.2, 0) is 16.1 Å². The molecule has 1 aliphatic rings. The van der Waals surface area contributed by atoms with E-state index in [0.717, 1.165) is 17.0 Å². The molecule has 2 heterocycles. The Bertz CT molecular complexity index is 906. The zero-order valence-corrected chi connectivity index (χ0v) is 16.9. The number of amides is 2. The largest absolute Gasteiger partial charge is 0.497 e. The molecule has 7 nitrogen and oxygen atoms in total. The fourth-order valence-electron chi connectivity index (χ4n) is 3.23. The molecule has 1 aliphatic heterocycles. The maximum absolute atomic E-state index is 13.2. The van der Waals surface area contributed by atoms with E-state index in [2.05, 4.69) is 10.3 Å². The molecule has 0 aliphatic carbocycles. The first-order valence-corrected chi connectivity index (χ1v) is 9.16. The molecule has 0 fully saturated rings. The molecule has 0 bridgehead atoms. The molecule has 3 rings (SSSR count). The van der Waals surface area contributed by atoms with Gasteiger partial charge >= 0.3 is 0 Å². The summed E-state index contributed by atoms with van der Waals surface area (Å²) in [5, 5.41) is 3.00. The molecule has 1 unspecified atom stereocenters. The summed E-state index contributed by atoms with van der Waals surface area (Å²) in [7, 11) is 1.61. The van der Waals surface area contributed by atoms with Crippen molar-refractivity contribution >= 4 is 17.5 Å². The molecule has 0 spiro atoms. The Morgan fingerprint density at radius 2 is 1.93 bits per heavy atom. The van der Waals surface area contributed by atoms with Crippen LogP contribution in [0.4, 0.5) is 0 Å². The van der Waals surface area contributed by atoms with E-state index in [4.69, 9.17) is 4.74 Å². The van der Waals surface area contributed by atoms with Crippen molar-refractivity contribution < 1.29 is 14.3 Å². The van der Waals surface area contributed by atoms with Crippen LogP contribution in [0.1, 0.15) is 45.0 Å². The van der Waals surface area contributed by atoms with E-state index in [-0.39, 0.29) is 11.8 Å². The second kappa shape index (κ2) is 7.50. The summed E-state index contributed by atoms with van der Waals surface area (Å²) in [4.78, 5) is 32.0. The van der Waals surface area contributed by atoms with Crippen molar-refractivity contribution in [3.8, 4) is 5.75 Å². The number of carbonyl (C=O) groups is 2. The van der Waals surface area contributed by atoms with Gasteiger partial charge in [0.1, 0.15) is 5.75 Å². The van der Waals surface area contributed by atoms with Crippen LogP contribution in [0.2, 0.25) is 0 Å². The Morgan fingerprint density at radius 3 is 2.54 bits per heavy atom. The van der Waals surface area contributed by atoms with Crippen molar-refractivity contribution in [1.82, 2.24) is 19.8 Å². The van der Waals surface area contributed by atoms with E-state index < -0.39 is 11.6 Å². The van der Waals surface area contributed by atoms with Crippen molar-refractivity contribution in [3.05, 3.63) is 54.1 Å². The number of allylic oxidation sites excluding steroid dienone is 1. The fourth-order valence-corrected chi connectivity index (χ4v) is 3.23. The fraction of sp³-hybridized carbons (Fsp3) is 0.381. The maximum Gasteiger partial charge on any atom is 0.249 e. The predicted octanol–water partition coefficient (Wildman–Crippen LogP) is 2.75. The van der Waals surface area contributed by atoms with Crippen molar-refractivity contribution in [3.63, 3.8) is 0 Å². The van der Waals surface area contributed by atoms with Crippen molar-refractivity contribution in [2.24, 2.45) is 0 Å². The van der Waals surface area contributed by atoms with E-state index in [1.807, 2.05) is 52.0 Å². The normalized spacial score (nSPS) is 16.9. The highest BCUT2D eigenvalue weighted by Gasteiger charge is 2.36. The number of fused-ring (bicyclic) bond motifs is 1. The van der Waals surface area contributed by atoms with Gasteiger partial charge in [0.05, 0.1) is 25.3 Å². The first-order valence-electron chi connectivity index (χ1n) is 9.16. The van der Waals surface area contributed by atoms with E-state index in [1.54, 1.807) is 35.2 Å². The summed E-state index contributed by atoms with van der Waals surface area (Å²) in [5.74, 6) is 0.284. The molecular formula is C21H26N4O3. The van der Waals surface area contributed by atoms with Gasteiger partial charge in [-0.15, -0.1) is 0 Å². The zero-order chi connectivity index (χ0) is 20.5. The number of benzene rings is 1. The lowest BCUT2D eigenvalue weighted by Gasteiger charge is -2.32. The average Bonchev–Trinajstić information content (AvgIpc) is 3.06. The van der Waals surface area contributed by atoms with Gasteiger partial charge in [0.15, 0.2) is 6.04 Å². The molecule has 1 atom stereocenters. The number of imidazole rings is 1. The Balaban J connectivity index is 2.02. The third kappa shape index (κ3) is 4.08. The second-order valence-electron chi connectivity index (χ2n) is 7.93. The summed E-state index contributed by atoms with van der Waals surface area (Å²) in [6, 6.07) is 6.68. The third-order valence-corrected chi connectivity index (χ3v) is 4.51. The number of methoxy groups -OCH3 is 1. The lowest BCUT2D eigenvalue weighted by atomic mass is 10.1. The van der Waals surface area contributed by atoms with Gasteiger partial charge in [-0.2, -0.15) is 0 Å². The van der Waals surface area contributed by atoms with Crippen LogP contribution in [0.3, 0.4) is 0 Å². The number of nitrogens with zero attached hydrogens (tertiary/aromatic N) is 3. The molecule has 28 heavy (non-hydrogen) atoms. The zero-order valence-electron chi connectivity index (χ0n) is 16.9. The second-order valence-corrected chi connectivity index (χ2v) is 7.93. The maximum atomic E-state index is 13.2. The molecule has 148 valence electrons. The Hall–Kier alpha value is -3.09. The Labute approximate surface area is 165 Å². The summed E-state index contributed by atoms with van der Waals surface area (Å²) in [6.07, 6.45) is 4.81. The van der Waals surface area contributed by atoms with Gasteiger partial charge in [-0.25, -0.2) is 4.98 Å². The van der Waals surface area contributed by atoms with Crippen molar-refractivity contribution in [2.75, 3.05) is 7.11 Å². The van der Waals surface area contributed by atoms with E-state index in [1.165, 1.54) is 0 Å². The quantitative estimate of drug-likeness (QED) is 0.882. The minimum Gasteiger partial charge on any atom is -0.497 e. The monoisotopic (exact) mass is 382 g/mol. The average molecular weight is 382 g/mol. The standard InChI is InChI=1S/C21H26N4O3/c1-14-10-18(26)24(12-15-6-8-16(28-5)9-7-15)19(17-11-22-13-25(14)17)20(27)23-21(2,3)4/h6-11,13,19H,12H2,1-5H3,(H,23,27). The lowest BCUT2D eigenvalue weighted by Crippen LogP contribution is -2.48. The minimum absolute atomic E-state index is 0.217. The molecule has 1 N–H and O–H groups in total.